The Kier molecular flexibility index (Phi) is 2.86. The first-order valence-corrected chi connectivity index (χ1v) is 7.39. The van der Waals surface area contributed by atoms with Crippen LogP contribution in [0.5, 0.6) is 0 Å². The summed E-state index contributed by atoms with van der Waals surface area (Å²) in [5, 5.41) is 0. The van der Waals surface area contributed by atoms with Crippen molar-refractivity contribution in [1.29, 1.82) is 0 Å². The Hall–Kier alpha value is -1.43. The highest BCUT2D eigenvalue weighted by Gasteiger charge is 2.55. The zero-order valence-corrected chi connectivity index (χ0v) is 12.2. The minimum Gasteiger partial charge on any atom is -0.356 e. The molecule has 3 aliphatic heterocycles. The van der Waals surface area contributed by atoms with Gasteiger partial charge in [0.1, 0.15) is 12.3 Å². The van der Waals surface area contributed by atoms with E-state index in [4.69, 9.17) is 14.2 Å². The number of ether oxygens (including phenoxy) is 3. The second-order valence-corrected chi connectivity index (χ2v) is 6.29. The molecule has 0 bridgehead atoms. The number of carbonyl (C=O) groups is 1. The van der Waals surface area contributed by atoms with Crippen LogP contribution in [0.4, 0.5) is 0 Å². The smallest absolute Gasteiger partial charge is 0.257 e. The topological polar surface area (TPSA) is 48.0 Å². The minimum atomic E-state index is -0.701. The third kappa shape index (κ3) is 2.08. The molecule has 112 valence electrons. The van der Waals surface area contributed by atoms with Crippen molar-refractivity contribution in [2.75, 3.05) is 6.61 Å². The van der Waals surface area contributed by atoms with Crippen LogP contribution in [0, 0.1) is 0 Å². The summed E-state index contributed by atoms with van der Waals surface area (Å²) in [4.78, 5) is 14.6. The molecule has 3 aliphatic rings. The molecule has 21 heavy (non-hydrogen) atoms. The molecule has 0 aliphatic carbocycles. The predicted octanol–water partition coefficient (Wildman–Crippen LogP) is 1.84. The highest BCUT2D eigenvalue weighted by atomic mass is 16.8. The molecule has 5 nitrogen and oxygen atoms in total. The van der Waals surface area contributed by atoms with Crippen LogP contribution in [0.3, 0.4) is 0 Å². The van der Waals surface area contributed by atoms with Crippen LogP contribution in [0.25, 0.3) is 0 Å². The van der Waals surface area contributed by atoms with E-state index in [-0.39, 0.29) is 24.3 Å². The summed E-state index contributed by atoms with van der Waals surface area (Å²) >= 11 is 0. The molecule has 0 saturated carbocycles. The number of nitrogens with zero attached hydrogens (tertiary/aromatic N) is 1. The van der Waals surface area contributed by atoms with Crippen LogP contribution in [0.15, 0.2) is 30.3 Å². The van der Waals surface area contributed by atoms with E-state index in [0.29, 0.717) is 13.0 Å². The second-order valence-electron chi connectivity index (χ2n) is 6.29. The molecule has 3 fully saturated rings. The molecule has 1 aromatic rings. The van der Waals surface area contributed by atoms with Crippen LogP contribution in [0.2, 0.25) is 0 Å². The van der Waals surface area contributed by atoms with E-state index in [0.717, 1.165) is 5.56 Å². The molecule has 0 unspecified atom stereocenters. The highest BCUT2D eigenvalue weighted by Crippen LogP contribution is 2.42. The lowest BCUT2D eigenvalue weighted by atomic mass is 9.99. The second kappa shape index (κ2) is 4.53. The maximum atomic E-state index is 12.8. The van der Waals surface area contributed by atoms with Crippen molar-refractivity contribution in [3.63, 3.8) is 0 Å². The SMILES string of the molecule is CC1(C)O[C@@H]2C[C@H]3OC[C@@H](c4ccccc4)N3C(=O)[C@@H]2O1. The van der Waals surface area contributed by atoms with Gasteiger partial charge in [-0.15, -0.1) is 0 Å². The van der Waals surface area contributed by atoms with Gasteiger partial charge in [0.05, 0.1) is 12.6 Å². The first kappa shape index (κ1) is 13.2. The maximum absolute atomic E-state index is 12.8. The number of rotatable bonds is 1. The third-order valence-corrected chi connectivity index (χ3v) is 4.39. The summed E-state index contributed by atoms with van der Waals surface area (Å²) in [7, 11) is 0. The summed E-state index contributed by atoms with van der Waals surface area (Å²) in [6.07, 6.45) is -0.253. The van der Waals surface area contributed by atoms with Gasteiger partial charge in [-0.05, 0) is 19.4 Å². The number of carbonyl (C=O) groups excluding carboxylic acids is 1. The first-order valence-electron chi connectivity index (χ1n) is 7.39. The van der Waals surface area contributed by atoms with Gasteiger partial charge in [-0.25, -0.2) is 0 Å². The lowest BCUT2D eigenvalue weighted by Gasteiger charge is -2.36. The molecule has 3 saturated heterocycles. The fourth-order valence-corrected chi connectivity index (χ4v) is 3.54. The molecule has 5 heteroatoms. The summed E-state index contributed by atoms with van der Waals surface area (Å²) in [6.45, 7) is 4.22. The fraction of sp³-hybridized carbons (Fsp3) is 0.562. The zero-order valence-electron chi connectivity index (χ0n) is 12.2. The Morgan fingerprint density at radius 1 is 1.19 bits per heavy atom. The van der Waals surface area contributed by atoms with E-state index in [1.54, 1.807) is 0 Å². The fourth-order valence-electron chi connectivity index (χ4n) is 3.54. The minimum absolute atomic E-state index is 0.0202. The van der Waals surface area contributed by atoms with Crippen molar-refractivity contribution >= 4 is 5.91 Å². The molecule has 1 aromatic carbocycles. The lowest BCUT2D eigenvalue weighted by molar-refractivity contribution is -0.163. The average Bonchev–Trinajstić information content (AvgIpc) is 3.00. The number of hydrogen-bond acceptors (Lipinski definition) is 4. The summed E-state index contributed by atoms with van der Waals surface area (Å²) < 4.78 is 17.5. The van der Waals surface area contributed by atoms with E-state index in [1.807, 2.05) is 49.1 Å². The third-order valence-electron chi connectivity index (χ3n) is 4.39. The number of benzene rings is 1. The van der Waals surface area contributed by atoms with Gasteiger partial charge in [0.2, 0.25) is 0 Å². The van der Waals surface area contributed by atoms with Gasteiger partial charge in [0.25, 0.3) is 5.91 Å². The Bertz CT molecular complexity index is 559. The predicted molar refractivity (Wildman–Crippen MR) is 74.2 cm³/mol. The van der Waals surface area contributed by atoms with Crippen LogP contribution < -0.4 is 0 Å². The number of hydrogen-bond donors (Lipinski definition) is 0. The Morgan fingerprint density at radius 2 is 1.95 bits per heavy atom. The Balaban J connectivity index is 1.63. The molecule has 0 radical (unpaired) electrons. The molecule has 4 rings (SSSR count). The van der Waals surface area contributed by atoms with E-state index < -0.39 is 11.9 Å². The molecule has 1 amide bonds. The zero-order chi connectivity index (χ0) is 14.6. The maximum Gasteiger partial charge on any atom is 0.257 e. The summed E-state index contributed by atoms with van der Waals surface area (Å²) in [5.74, 6) is -0.722. The quantitative estimate of drug-likeness (QED) is 0.791. The molecule has 3 heterocycles. The lowest BCUT2D eigenvalue weighted by Crippen LogP contribution is -2.53. The molecule has 4 atom stereocenters. The molecule has 0 aromatic heterocycles. The van der Waals surface area contributed by atoms with Gasteiger partial charge in [0.15, 0.2) is 11.9 Å². The normalized spacial score (nSPS) is 37.4. The average molecular weight is 289 g/mol. The van der Waals surface area contributed by atoms with Crippen LogP contribution in [-0.4, -0.2) is 41.6 Å². The van der Waals surface area contributed by atoms with E-state index in [2.05, 4.69) is 0 Å². The van der Waals surface area contributed by atoms with Crippen LogP contribution >= 0.6 is 0 Å². The van der Waals surface area contributed by atoms with Crippen molar-refractivity contribution in [2.45, 2.75) is 50.5 Å². The van der Waals surface area contributed by atoms with Crippen molar-refractivity contribution in [1.82, 2.24) is 4.90 Å². The molecular formula is C16H19NO4. The van der Waals surface area contributed by atoms with Crippen LogP contribution in [-0.2, 0) is 19.0 Å². The van der Waals surface area contributed by atoms with Crippen molar-refractivity contribution in [2.24, 2.45) is 0 Å². The van der Waals surface area contributed by atoms with E-state index in [1.165, 1.54) is 0 Å². The highest BCUT2D eigenvalue weighted by molar-refractivity contribution is 5.83. The summed E-state index contributed by atoms with van der Waals surface area (Å²) in [6, 6.07) is 9.98. The van der Waals surface area contributed by atoms with E-state index >= 15 is 0 Å². The molecule has 0 spiro atoms. The standard InChI is InChI=1S/C16H19NO4/c1-16(2)20-12-8-13-17(15(18)14(12)21-16)11(9-19-13)10-6-4-3-5-7-10/h3-7,11-14H,8-9H2,1-2H3/t11-,12+,13+,14+/m0/s1. The summed E-state index contributed by atoms with van der Waals surface area (Å²) in [5.41, 5.74) is 1.10. The number of fused-ring (bicyclic) bond motifs is 2. The molecule has 0 N–H and O–H groups in total. The van der Waals surface area contributed by atoms with Crippen molar-refractivity contribution in [3.05, 3.63) is 35.9 Å². The monoisotopic (exact) mass is 289 g/mol. The Morgan fingerprint density at radius 3 is 2.71 bits per heavy atom. The van der Waals surface area contributed by atoms with Crippen molar-refractivity contribution < 1.29 is 19.0 Å². The van der Waals surface area contributed by atoms with Gasteiger partial charge in [-0.2, -0.15) is 0 Å². The largest absolute Gasteiger partial charge is 0.356 e. The number of amides is 1. The Labute approximate surface area is 123 Å². The number of piperidine rings is 1. The van der Waals surface area contributed by atoms with Crippen molar-refractivity contribution in [3.8, 4) is 0 Å². The first-order chi connectivity index (χ1) is 10.1. The van der Waals surface area contributed by atoms with Gasteiger partial charge >= 0.3 is 0 Å². The van der Waals surface area contributed by atoms with Gasteiger partial charge in [0, 0.05) is 6.42 Å². The van der Waals surface area contributed by atoms with E-state index in [9.17, 15) is 4.79 Å². The van der Waals surface area contributed by atoms with Gasteiger partial charge in [-0.1, -0.05) is 30.3 Å². The molecular weight excluding hydrogens is 270 g/mol. The van der Waals surface area contributed by atoms with Gasteiger partial charge in [-0.3, -0.25) is 4.79 Å². The van der Waals surface area contributed by atoms with Crippen LogP contribution in [0.1, 0.15) is 31.9 Å². The van der Waals surface area contributed by atoms with Gasteiger partial charge < -0.3 is 19.1 Å².